The van der Waals surface area contributed by atoms with Gasteiger partial charge in [-0.25, -0.2) is 0 Å². The third-order valence-corrected chi connectivity index (χ3v) is 3.09. The highest BCUT2D eigenvalue weighted by Gasteiger charge is 2.46. The van der Waals surface area contributed by atoms with Crippen LogP contribution in [0.2, 0.25) is 0 Å². The smallest absolute Gasteiger partial charge is 0.368 e. The SMILES string of the molecule is NCCC(N1CCCCC1C(N)=O)C(F)(F)F. The highest BCUT2D eigenvalue weighted by atomic mass is 19.4. The van der Waals surface area contributed by atoms with Gasteiger partial charge < -0.3 is 11.5 Å². The maximum atomic E-state index is 12.9. The quantitative estimate of drug-likeness (QED) is 0.771. The Bertz CT molecular complexity index is 270. The highest BCUT2D eigenvalue weighted by Crippen LogP contribution is 2.31. The molecule has 2 atom stereocenters. The number of primary amides is 1. The van der Waals surface area contributed by atoms with E-state index in [0.717, 1.165) is 6.42 Å². The molecule has 17 heavy (non-hydrogen) atoms. The van der Waals surface area contributed by atoms with E-state index >= 15 is 0 Å². The second kappa shape index (κ2) is 5.68. The molecular weight excluding hydrogens is 235 g/mol. The van der Waals surface area contributed by atoms with Gasteiger partial charge in [0.1, 0.15) is 6.04 Å². The minimum Gasteiger partial charge on any atom is -0.368 e. The van der Waals surface area contributed by atoms with E-state index in [4.69, 9.17) is 11.5 Å². The Kier molecular flexibility index (Phi) is 4.76. The number of nitrogens with two attached hydrogens (primary N) is 2. The molecule has 0 bridgehead atoms. The van der Waals surface area contributed by atoms with Crippen molar-refractivity contribution in [1.29, 1.82) is 0 Å². The van der Waals surface area contributed by atoms with Crippen LogP contribution in [0.5, 0.6) is 0 Å². The number of carbonyl (C=O) groups excluding carboxylic acids is 1. The van der Waals surface area contributed by atoms with Crippen molar-refractivity contribution >= 4 is 5.91 Å². The minimum absolute atomic E-state index is 0.0633. The van der Waals surface area contributed by atoms with E-state index in [1.165, 1.54) is 4.90 Å². The molecule has 1 amide bonds. The topological polar surface area (TPSA) is 72.3 Å². The molecule has 1 heterocycles. The van der Waals surface area contributed by atoms with Crippen LogP contribution in [0.3, 0.4) is 0 Å². The number of amides is 1. The van der Waals surface area contributed by atoms with Gasteiger partial charge in [0.15, 0.2) is 0 Å². The number of likely N-dealkylation sites (tertiary alicyclic amines) is 1. The fourth-order valence-corrected chi connectivity index (χ4v) is 2.31. The molecule has 0 spiro atoms. The molecule has 100 valence electrons. The molecule has 1 rings (SSSR count). The van der Waals surface area contributed by atoms with Crippen molar-refractivity contribution in [2.75, 3.05) is 13.1 Å². The van der Waals surface area contributed by atoms with Crippen LogP contribution >= 0.6 is 0 Å². The molecule has 1 fully saturated rings. The van der Waals surface area contributed by atoms with E-state index in [1.54, 1.807) is 0 Å². The van der Waals surface area contributed by atoms with Crippen molar-refractivity contribution < 1.29 is 18.0 Å². The Morgan fingerprint density at radius 2 is 2.06 bits per heavy atom. The number of rotatable bonds is 4. The fraction of sp³-hybridized carbons (Fsp3) is 0.900. The van der Waals surface area contributed by atoms with Gasteiger partial charge in [-0.2, -0.15) is 13.2 Å². The summed E-state index contributed by atoms with van der Waals surface area (Å²) in [5, 5.41) is 0. The first kappa shape index (κ1) is 14.2. The number of hydrogen-bond acceptors (Lipinski definition) is 3. The second-order valence-electron chi connectivity index (χ2n) is 4.29. The molecule has 1 aliphatic rings. The van der Waals surface area contributed by atoms with E-state index in [2.05, 4.69) is 0 Å². The summed E-state index contributed by atoms with van der Waals surface area (Å²) >= 11 is 0. The highest BCUT2D eigenvalue weighted by molar-refractivity contribution is 5.80. The summed E-state index contributed by atoms with van der Waals surface area (Å²) in [7, 11) is 0. The third-order valence-electron chi connectivity index (χ3n) is 3.09. The average Bonchev–Trinajstić information content (AvgIpc) is 2.24. The van der Waals surface area contributed by atoms with Gasteiger partial charge in [0.05, 0.1) is 6.04 Å². The standard InChI is InChI=1S/C10H18F3N3O/c11-10(12,13)8(4-5-14)16-6-2-1-3-7(16)9(15)17/h7-8H,1-6,14H2,(H2,15,17). The third kappa shape index (κ3) is 3.57. The Morgan fingerprint density at radius 3 is 2.53 bits per heavy atom. The van der Waals surface area contributed by atoms with Crippen molar-refractivity contribution in [3.8, 4) is 0 Å². The van der Waals surface area contributed by atoms with Crippen molar-refractivity contribution in [3.63, 3.8) is 0 Å². The average molecular weight is 253 g/mol. The zero-order valence-corrected chi connectivity index (χ0v) is 9.54. The summed E-state index contributed by atoms with van der Waals surface area (Å²) < 4.78 is 38.6. The predicted molar refractivity (Wildman–Crippen MR) is 57.1 cm³/mol. The van der Waals surface area contributed by atoms with Gasteiger partial charge >= 0.3 is 6.18 Å². The van der Waals surface area contributed by atoms with Gasteiger partial charge in [-0.05, 0) is 32.4 Å². The molecule has 0 aromatic carbocycles. The lowest BCUT2D eigenvalue weighted by Gasteiger charge is -2.40. The van der Waals surface area contributed by atoms with Crippen LogP contribution in [0.25, 0.3) is 0 Å². The Morgan fingerprint density at radius 1 is 1.41 bits per heavy atom. The van der Waals surface area contributed by atoms with E-state index < -0.39 is 24.2 Å². The predicted octanol–water partition coefficient (Wildman–Crippen LogP) is 0.606. The second-order valence-corrected chi connectivity index (χ2v) is 4.29. The monoisotopic (exact) mass is 253 g/mol. The largest absolute Gasteiger partial charge is 0.404 e. The molecule has 0 aromatic rings. The van der Waals surface area contributed by atoms with Crippen LogP contribution in [0, 0.1) is 0 Å². The molecule has 0 radical (unpaired) electrons. The molecule has 7 heteroatoms. The number of nitrogens with zero attached hydrogens (tertiary/aromatic N) is 1. The Labute approximate surface area is 98.1 Å². The Balaban J connectivity index is 2.86. The van der Waals surface area contributed by atoms with Crippen molar-refractivity contribution in [3.05, 3.63) is 0 Å². The van der Waals surface area contributed by atoms with Crippen molar-refractivity contribution in [2.24, 2.45) is 11.5 Å². The molecule has 2 unspecified atom stereocenters. The van der Waals surface area contributed by atoms with E-state index in [-0.39, 0.29) is 19.5 Å². The van der Waals surface area contributed by atoms with Crippen LogP contribution in [0.15, 0.2) is 0 Å². The molecule has 1 saturated heterocycles. The molecule has 0 aromatic heterocycles. The maximum Gasteiger partial charge on any atom is 0.404 e. The normalized spacial score (nSPS) is 24.6. The van der Waals surface area contributed by atoms with E-state index in [1.807, 2.05) is 0 Å². The number of alkyl halides is 3. The van der Waals surface area contributed by atoms with E-state index in [9.17, 15) is 18.0 Å². The summed E-state index contributed by atoms with van der Waals surface area (Å²) in [5.41, 5.74) is 10.4. The summed E-state index contributed by atoms with van der Waals surface area (Å²) in [6.07, 6.45) is -2.79. The zero-order chi connectivity index (χ0) is 13.1. The first-order chi connectivity index (χ1) is 7.88. The fourth-order valence-electron chi connectivity index (χ4n) is 2.31. The Hall–Kier alpha value is -0.820. The van der Waals surface area contributed by atoms with Crippen LogP contribution in [-0.4, -0.2) is 42.2 Å². The van der Waals surface area contributed by atoms with Gasteiger partial charge in [-0.15, -0.1) is 0 Å². The summed E-state index contributed by atoms with van der Waals surface area (Å²) in [5.74, 6) is -0.684. The molecule has 0 aliphatic carbocycles. The maximum absolute atomic E-state index is 12.9. The van der Waals surface area contributed by atoms with Gasteiger partial charge in [0, 0.05) is 0 Å². The molecular formula is C10H18F3N3O. The first-order valence-electron chi connectivity index (χ1n) is 5.69. The molecule has 4 N–H and O–H groups in total. The van der Waals surface area contributed by atoms with Crippen LogP contribution in [0.1, 0.15) is 25.7 Å². The first-order valence-corrected chi connectivity index (χ1v) is 5.69. The lowest BCUT2D eigenvalue weighted by molar-refractivity contribution is -0.194. The summed E-state index contributed by atoms with van der Waals surface area (Å²) in [6, 6.07) is -2.48. The van der Waals surface area contributed by atoms with Crippen molar-refractivity contribution in [1.82, 2.24) is 4.90 Å². The number of halogens is 3. The molecule has 0 saturated carbocycles. The van der Waals surface area contributed by atoms with Crippen LogP contribution in [0.4, 0.5) is 13.2 Å². The number of carbonyl (C=O) groups is 1. The summed E-state index contributed by atoms with van der Waals surface area (Å²) in [6.45, 7) is 0.184. The van der Waals surface area contributed by atoms with Gasteiger partial charge in [0.2, 0.25) is 5.91 Å². The number of hydrogen-bond donors (Lipinski definition) is 2. The van der Waals surface area contributed by atoms with Gasteiger partial charge in [0.25, 0.3) is 0 Å². The van der Waals surface area contributed by atoms with E-state index in [0.29, 0.717) is 12.8 Å². The van der Waals surface area contributed by atoms with Crippen LogP contribution in [-0.2, 0) is 4.79 Å². The van der Waals surface area contributed by atoms with Crippen LogP contribution < -0.4 is 11.5 Å². The lowest BCUT2D eigenvalue weighted by atomic mass is 9.97. The van der Waals surface area contributed by atoms with Gasteiger partial charge in [-0.3, -0.25) is 9.69 Å². The number of piperidine rings is 1. The lowest BCUT2D eigenvalue weighted by Crippen LogP contribution is -2.57. The zero-order valence-electron chi connectivity index (χ0n) is 9.54. The molecule has 4 nitrogen and oxygen atoms in total. The minimum atomic E-state index is -4.37. The summed E-state index contributed by atoms with van der Waals surface area (Å²) in [4.78, 5) is 12.3. The van der Waals surface area contributed by atoms with Crippen molar-refractivity contribution in [2.45, 2.75) is 43.9 Å². The van der Waals surface area contributed by atoms with Gasteiger partial charge in [-0.1, -0.05) is 6.42 Å². The molecule has 1 aliphatic heterocycles.